The van der Waals surface area contributed by atoms with Crippen LogP contribution in [0.3, 0.4) is 0 Å². The second-order valence-electron chi connectivity index (χ2n) is 4.87. The third-order valence-corrected chi connectivity index (χ3v) is 4.57. The number of benzene rings is 1. The molecule has 0 aliphatic carbocycles. The third-order valence-electron chi connectivity index (χ3n) is 3.15. The van der Waals surface area contributed by atoms with E-state index in [0.717, 1.165) is 10.6 Å². The van der Waals surface area contributed by atoms with E-state index in [9.17, 15) is 13.4 Å². The molecule has 0 aliphatic rings. The van der Waals surface area contributed by atoms with Gasteiger partial charge in [-0.3, -0.25) is 8.73 Å². The smallest absolute Gasteiger partial charge is 0.364 e. The zero-order valence-electron chi connectivity index (χ0n) is 14.7. The van der Waals surface area contributed by atoms with Crippen LogP contribution in [0.25, 0.3) is 17.2 Å². The average Bonchev–Trinajstić information content (AvgIpc) is 3.25. The molecule has 146 valence electrons. The summed E-state index contributed by atoms with van der Waals surface area (Å²) >= 11 is 3.05. The Bertz CT molecular complexity index is 987. The lowest BCUT2D eigenvalue weighted by Gasteiger charge is -2.05. The Morgan fingerprint density at radius 3 is 2.70 bits per heavy atom. The SMILES string of the molecule is CC.CS(=O)CCNc1nonc1-c1noc(=O)n1-c1ccc(Br)c(F)c1. The molecule has 0 saturated carbocycles. The van der Waals surface area contributed by atoms with Gasteiger partial charge in [-0.1, -0.05) is 19.0 Å². The van der Waals surface area contributed by atoms with Crippen molar-refractivity contribution in [2.45, 2.75) is 13.8 Å². The summed E-state index contributed by atoms with van der Waals surface area (Å²) in [4.78, 5) is 12.0. The van der Waals surface area contributed by atoms with Crippen LogP contribution in [0, 0.1) is 5.82 Å². The summed E-state index contributed by atoms with van der Waals surface area (Å²) in [5, 5.41) is 14.0. The predicted octanol–water partition coefficient (Wildman–Crippen LogP) is 2.59. The second-order valence-corrected chi connectivity index (χ2v) is 7.28. The molecule has 0 radical (unpaired) electrons. The maximum atomic E-state index is 13.8. The van der Waals surface area contributed by atoms with Crippen molar-refractivity contribution in [2.75, 3.05) is 23.9 Å². The zero-order valence-corrected chi connectivity index (χ0v) is 17.1. The fourth-order valence-electron chi connectivity index (χ4n) is 2.02. The van der Waals surface area contributed by atoms with Crippen LogP contribution >= 0.6 is 15.9 Å². The highest BCUT2D eigenvalue weighted by molar-refractivity contribution is 9.10. The highest BCUT2D eigenvalue weighted by Crippen LogP contribution is 2.25. The number of hydrogen-bond donors (Lipinski definition) is 1. The van der Waals surface area contributed by atoms with Crippen molar-refractivity contribution in [3.05, 3.63) is 39.0 Å². The first kappa shape index (κ1) is 21.0. The van der Waals surface area contributed by atoms with Crippen LogP contribution in [0.1, 0.15) is 13.8 Å². The van der Waals surface area contributed by atoms with Gasteiger partial charge in [0, 0.05) is 29.4 Å². The standard InChI is InChI=1S/C13H11BrFN5O4S.C2H6/c1-25(22)5-4-16-11-10(17-24-18-11)12-19-23-13(21)20(12)7-2-3-8(14)9(15)6-7;1-2/h2-3,6H,4-5H2,1H3,(H,16,18);1-2H3. The highest BCUT2D eigenvalue weighted by Gasteiger charge is 2.23. The highest BCUT2D eigenvalue weighted by atomic mass is 79.9. The molecule has 12 heteroatoms. The molecular formula is C15H17BrFN5O4S. The van der Waals surface area contributed by atoms with Crippen LogP contribution < -0.4 is 11.1 Å². The van der Waals surface area contributed by atoms with Gasteiger partial charge in [-0.2, -0.15) is 0 Å². The summed E-state index contributed by atoms with van der Waals surface area (Å²) in [6.45, 7) is 4.35. The normalized spacial score (nSPS) is 11.6. The quantitative estimate of drug-likeness (QED) is 0.595. The molecule has 9 nitrogen and oxygen atoms in total. The van der Waals surface area contributed by atoms with Crippen molar-refractivity contribution in [3.63, 3.8) is 0 Å². The first-order valence-electron chi connectivity index (χ1n) is 7.88. The Hall–Kier alpha value is -2.34. The van der Waals surface area contributed by atoms with Crippen molar-refractivity contribution >= 4 is 32.5 Å². The molecule has 0 amide bonds. The number of rotatable bonds is 6. The van der Waals surface area contributed by atoms with Crippen LogP contribution in [0.4, 0.5) is 10.2 Å². The minimum absolute atomic E-state index is 0.00640. The molecule has 0 fully saturated rings. The minimum Gasteiger partial charge on any atom is -0.364 e. The molecule has 1 N–H and O–H groups in total. The number of halogens is 2. The molecule has 2 aromatic heterocycles. The molecule has 1 unspecified atom stereocenters. The number of hydrogen-bond acceptors (Lipinski definition) is 8. The molecule has 1 aromatic carbocycles. The lowest BCUT2D eigenvalue weighted by molar-refractivity contribution is 0.309. The van der Waals surface area contributed by atoms with Crippen LogP contribution in [0.15, 0.2) is 36.6 Å². The molecule has 0 bridgehead atoms. The van der Waals surface area contributed by atoms with E-state index in [1.54, 1.807) is 6.26 Å². The van der Waals surface area contributed by atoms with E-state index in [-0.39, 0.29) is 27.5 Å². The van der Waals surface area contributed by atoms with E-state index in [1.165, 1.54) is 12.1 Å². The number of anilines is 1. The monoisotopic (exact) mass is 461 g/mol. The average molecular weight is 462 g/mol. The summed E-state index contributed by atoms with van der Waals surface area (Å²) in [6.07, 6.45) is 1.57. The van der Waals surface area contributed by atoms with E-state index in [0.29, 0.717) is 12.3 Å². The Balaban J connectivity index is 0.00000126. The van der Waals surface area contributed by atoms with Gasteiger partial charge in [0.05, 0.1) is 10.2 Å². The molecule has 3 rings (SSSR count). The number of nitrogens with zero attached hydrogens (tertiary/aromatic N) is 4. The minimum atomic E-state index is -0.990. The van der Waals surface area contributed by atoms with E-state index in [1.807, 2.05) is 13.8 Å². The van der Waals surface area contributed by atoms with Gasteiger partial charge in [-0.05, 0) is 44.4 Å². The maximum Gasteiger partial charge on any atom is 0.446 e. The van der Waals surface area contributed by atoms with E-state index >= 15 is 0 Å². The zero-order chi connectivity index (χ0) is 20.0. The van der Waals surface area contributed by atoms with Crippen LogP contribution in [0.2, 0.25) is 0 Å². The predicted molar refractivity (Wildman–Crippen MR) is 102 cm³/mol. The van der Waals surface area contributed by atoms with Crippen LogP contribution in [0.5, 0.6) is 0 Å². The summed E-state index contributed by atoms with van der Waals surface area (Å²) < 4.78 is 35.6. The van der Waals surface area contributed by atoms with Crippen molar-refractivity contribution in [1.29, 1.82) is 0 Å². The van der Waals surface area contributed by atoms with E-state index in [2.05, 4.69) is 45.9 Å². The number of nitrogens with one attached hydrogen (secondary N) is 1. The third kappa shape index (κ3) is 4.89. The summed E-state index contributed by atoms with van der Waals surface area (Å²) in [6, 6.07) is 4.10. The Morgan fingerprint density at radius 1 is 1.30 bits per heavy atom. The van der Waals surface area contributed by atoms with Crippen molar-refractivity contribution < 1.29 is 17.8 Å². The fraction of sp³-hybridized carbons (Fsp3) is 0.333. The Kier molecular flexibility index (Phi) is 7.42. The fourth-order valence-corrected chi connectivity index (χ4v) is 2.65. The largest absolute Gasteiger partial charge is 0.446 e. The van der Waals surface area contributed by atoms with Gasteiger partial charge >= 0.3 is 5.76 Å². The lowest BCUT2D eigenvalue weighted by Crippen LogP contribution is -2.15. The Labute approximate surface area is 164 Å². The molecule has 0 spiro atoms. The van der Waals surface area contributed by atoms with E-state index < -0.39 is 22.4 Å². The van der Waals surface area contributed by atoms with Gasteiger partial charge in [-0.25, -0.2) is 18.4 Å². The van der Waals surface area contributed by atoms with Gasteiger partial charge in [0.2, 0.25) is 11.6 Å². The first-order valence-corrected chi connectivity index (χ1v) is 10.4. The Morgan fingerprint density at radius 2 is 2.04 bits per heavy atom. The van der Waals surface area contributed by atoms with Crippen LogP contribution in [-0.2, 0) is 10.8 Å². The van der Waals surface area contributed by atoms with Crippen LogP contribution in [-0.4, -0.2) is 42.8 Å². The van der Waals surface area contributed by atoms with E-state index in [4.69, 9.17) is 0 Å². The van der Waals surface area contributed by atoms with Gasteiger partial charge in [0.25, 0.3) is 0 Å². The van der Waals surface area contributed by atoms with Crippen molar-refractivity contribution in [3.8, 4) is 17.2 Å². The molecule has 0 aliphatic heterocycles. The molecular weight excluding hydrogens is 445 g/mol. The molecule has 2 heterocycles. The molecule has 3 aromatic rings. The first-order chi connectivity index (χ1) is 13.0. The van der Waals surface area contributed by atoms with Crippen molar-refractivity contribution in [2.24, 2.45) is 0 Å². The summed E-state index contributed by atoms with van der Waals surface area (Å²) in [7, 11) is -0.990. The lowest BCUT2D eigenvalue weighted by atomic mass is 10.3. The molecule has 27 heavy (non-hydrogen) atoms. The van der Waals surface area contributed by atoms with Gasteiger partial charge in [0.1, 0.15) is 5.82 Å². The molecule has 0 saturated heterocycles. The van der Waals surface area contributed by atoms with Gasteiger partial charge in [0.15, 0.2) is 5.69 Å². The molecule has 1 atom stereocenters. The van der Waals surface area contributed by atoms with Gasteiger partial charge in [-0.15, -0.1) is 0 Å². The maximum absolute atomic E-state index is 13.8. The summed E-state index contributed by atoms with van der Waals surface area (Å²) in [5.41, 5.74) is 0.307. The second kappa shape index (κ2) is 9.55. The number of aromatic nitrogens is 4. The van der Waals surface area contributed by atoms with Crippen molar-refractivity contribution in [1.82, 2.24) is 20.0 Å². The summed E-state index contributed by atoms with van der Waals surface area (Å²) in [5.74, 6) is -0.798. The van der Waals surface area contributed by atoms with Gasteiger partial charge < -0.3 is 5.32 Å². The topological polar surface area (TPSA) is 116 Å².